The Balaban J connectivity index is 2.02. The Labute approximate surface area is 185 Å². The van der Waals surface area contributed by atoms with Crippen LogP contribution in [0.5, 0.6) is 0 Å². The van der Waals surface area contributed by atoms with E-state index in [1.807, 2.05) is 24.3 Å². The third-order valence-corrected chi connectivity index (χ3v) is 4.39. The van der Waals surface area contributed by atoms with E-state index in [1.165, 1.54) is 13.8 Å². The number of amides is 4. The Morgan fingerprint density at radius 3 is 2.34 bits per heavy atom. The minimum absolute atomic E-state index is 0.0531. The molecule has 1 aromatic heterocycles. The summed E-state index contributed by atoms with van der Waals surface area (Å²) in [5.41, 5.74) is 3.84. The molecule has 32 heavy (non-hydrogen) atoms. The zero-order valence-corrected chi connectivity index (χ0v) is 18.7. The molecule has 0 radical (unpaired) electrons. The van der Waals surface area contributed by atoms with Gasteiger partial charge in [-0.1, -0.05) is 18.2 Å². The lowest BCUT2D eigenvalue weighted by Crippen LogP contribution is -2.61. The van der Waals surface area contributed by atoms with Gasteiger partial charge in [0.2, 0.25) is 0 Å². The van der Waals surface area contributed by atoms with E-state index in [4.69, 9.17) is 9.84 Å². The van der Waals surface area contributed by atoms with Crippen molar-refractivity contribution >= 4 is 34.9 Å². The summed E-state index contributed by atoms with van der Waals surface area (Å²) in [7, 11) is 0. The van der Waals surface area contributed by atoms with E-state index in [0.717, 1.165) is 16.5 Å². The highest BCUT2D eigenvalue weighted by Crippen LogP contribution is 2.19. The second kappa shape index (κ2) is 9.58. The third kappa shape index (κ3) is 6.89. The summed E-state index contributed by atoms with van der Waals surface area (Å²) in [6.07, 6.45) is -0.435. The molecule has 11 heteroatoms. The lowest BCUT2D eigenvalue weighted by Gasteiger charge is -2.28. The van der Waals surface area contributed by atoms with Crippen LogP contribution in [0.25, 0.3) is 10.9 Å². The first-order valence-corrected chi connectivity index (χ1v) is 9.94. The van der Waals surface area contributed by atoms with Crippen LogP contribution in [0.4, 0.5) is 9.59 Å². The number of hydrogen-bond acceptors (Lipinski definition) is 5. The molecule has 0 aliphatic heterocycles. The Kier molecular flexibility index (Phi) is 7.34. The van der Waals surface area contributed by atoms with E-state index >= 15 is 0 Å². The number of fused-ring (bicyclic) bond motifs is 1. The van der Waals surface area contributed by atoms with Crippen LogP contribution in [-0.4, -0.2) is 51.3 Å². The second-order valence-electron chi connectivity index (χ2n) is 8.76. The monoisotopic (exact) mass is 447 g/mol. The molecule has 174 valence electrons. The van der Waals surface area contributed by atoms with Crippen molar-refractivity contribution in [2.75, 3.05) is 0 Å². The number of carbonyl (C=O) groups excluding carboxylic acids is 3. The standard InChI is InChI=1S/C21H29N5O6/c1-20(2,3)32-19(31)24-21(4,5)17(28)26-25-16(27)15(23-18(29)30)10-12-11-22-14-9-7-6-8-13(12)14/h6-9,11,15,22-23H,10H2,1-5H3,(H,24,31)(H,25,27)(H,26,28)(H,29,30)/t15-/m0/s1. The van der Waals surface area contributed by atoms with Gasteiger partial charge in [-0.3, -0.25) is 20.4 Å². The number of hydrogen-bond donors (Lipinski definition) is 6. The van der Waals surface area contributed by atoms with Crippen LogP contribution in [-0.2, 0) is 20.7 Å². The van der Waals surface area contributed by atoms with E-state index < -0.39 is 41.2 Å². The first kappa shape index (κ1) is 24.5. The number of carbonyl (C=O) groups is 4. The zero-order chi connectivity index (χ0) is 24.1. The topological polar surface area (TPSA) is 162 Å². The van der Waals surface area contributed by atoms with Gasteiger partial charge in [-0.2, -0.15) is 0 Å². The molecule has 11 nitrogen and oxygen atoms in total. The van der Waals surface area contributed by atoms with Crippen molar-refractivity contribution < 1.29 is 29.0 Å². The van der Waals surface area contributed by atoms with Crippen LogP contribution in [0.2, 0.25) is 0 Å². The quantitative estimate of drug-likeness (QED) is 0.370. The molecule has 6 N–H and O–H groups in total. The highest BCUT2D eigenvalue weighted by molar-refractivity contribution is 5.93. The molecule has 0 saturated carbocycles. The molecule has 0 aliphatic carbocycles. The van der Waals surface area contributed by atoms with Crippen molar-refractivity contribution in [1.29, 1.82) is 0 Å². The minimum atomic E-state index is -1.41. The molecule has 0 aliphatic rings. The maximum Gasteiger partial charge on any atom is 0.408 e. The maximum atomic E-state index is 12.6. The number of para-hydroxylation sites is 1. The number of aromatic nitrogens is 1. The summed E-state index contributed by atoms with van der Waals surface area (Å²) in [6, 6.07) is 6.22. The highest BCUT2D eigenvalue weighted by atomic mass is 16.6. The molecule has 1 aromatic carbocycles. The van der Waals surface area contributed by atoms with Crippen molar-refractivity contribution in [3.05, 3.63) is 36.0 Å². The molecule has 0 spiro atoms. The van der Waals surface area contributed by atoms with Gasteiger partial charge < -0.3 is 25.5 Å². The van der Waals surface area contributed by atoms with Crippen molar-refractivity contribution in [1.82, 2.24) is 26.5 Å². The average molecular weight is 447 g/mol. The summed E-state index contributed by atoms with van der Waals surface area (Å²) in [4.78, 5) is 51.3. The number of hydrazine groups is 1. The van der Waals surface area contributed by atoms with Gasteiger partial charge in [0, 0.05) is 23.5 Å². The highest BCUT2D eigenvalue weighted by Gasteiger charge is 2.32. The summed E-state index contributed by atoms with van der Waals surface area (Å²) in [6.45, 7) is 7.91. The predicted molar refractivity (Wildman–Crippen MR) is 117 cm³/mol. The van der Waals surface area contributed by atoms with E-state index in [-0.39, 0.29) is 6.42 Å². The van der Waals surface area contributed by atoms with Crippen molar-refractivity contribution in [3.8, 4) is 0 Å². The number of aromatic amines is 1. The largest absolute Gasteiger partial charge is 0.465 e. The lowest BCUT2D eigenvalue weighted by atomic mass is 10.0. The third-order valence-electron chi connectivity index (χ3n) is 4.39. The number of carboxylic acid groups (broad SMARTS) is 1. The molecular weight excluding hydrogens is 418 g/mol. The molecule has 0 saturated heterocycles. The fourth-order valence-electron chi connectivity index (χ4n) is 2.86. The molecule has 1 atom stereocenters. The predicted octanol–water partition coefficient (Wildman–Crippen LogP) is 1.80. The first-order valence-electron chi connectivity index (χ1n) is 9.94. The van der Waals surface area contributed by atoms with Crippen molar-refractivity contribution in [3.63, 3.8) is 0 Å². The smallest absolute Gasteiger partial charge is 0.408 e. The first-order chi connectivity index (χ1) is 14.8. The van der Waals surface area contributed by atoms with Crippen LogP contribution in [0.1, 0.15) is 40.2 Å². The summed E-state index contributed by atoms with van der Waals surface area (Å²) < 4.78 is 5.13. The van der Waals surface area contributed by atoms with Gasteiger partial charge in [0.05, 0.1) is 0 Å². The van der Waals surface area contributed by atoms with Gasteiger partial charge in [-0.15, -0.1) is 0 Å². The average Bonchev–Trinajstić information content (AvgIpc) is 3.06. The van der Waals surface area contributed by atoms with Gasteiger partial charge in [-0.05, 0) is 46.2 Å². The molecule has 0 bridgehead atoms. The number of nitrogens with one attached hydrogen (secondary N) is 5. The Morgan fingerprint density at radius 2 is 1.72 bits per heavy atom. The number of ether oxygens (including phenoxy) is 1. The van der Waals surface area contributed by atoms with E-state index in [2.05, 4.69) is 26.5 Å². The number of rotatable bonds is 6. The minimum Gasteiger partial charge on any atom is -0.465 e. The lowest BCUT2D eigenvalue weighted by molar-refractivity contribution is -0.132. The summed E-state index contributed by atoms with van der Waals surface area (Å²) in [5, 5.41) is 14.5. The van der Waals surface area contributed by atoms with Crippen molar-refractivity contribution in [2.24, 2.45) is 0 Å². The van der Waals surface area contributed by atoms with Crippen LogP contribution in [0, 0.1) is 0 Å². The summed E-state index contributed by atoms with van der Waals surface area (Å²) >= 11 is 0. The number of benzene rings is 1. The van der Waals surface area contributed by atoms with E-state index in [9.17, 15) is 19.2 Å². The van der Waals surface area contributed by atoms with Gasteiger partial charge in [0.1, 0.15) is 17.2 Å². The van der Waals surface area contributed by atoms with Gasteiger partial charge in [0.15, 0.2) is 0 Å². The van der Waals surface area contributed by atoms with Gasteiger partial charge in [-0.25, -0.2) is 9.59 Å². The van der Waals surface area contributed by atoms with Gasteiger partial charge >= 0.3 is 12.2 Å². The Bertz CT molecular complexity index is 1010. The maximum absolute atomic E-state index is 12.6. The fourth-order valence-corrected chi connectivity index (χ4v) is 2.86. The van der Waals surface area contributed by atoms with Crippen LogP contribution in [0.3, 0.4) is 0 Å². The van der Waals surface area contributed by atoms with Crippen LogP contribution >= 0.6 is 0 Å². The molecule has 1 heterocycles. The molecule has 0 fully saturated rings. The van der Waals surface area contributed by atoms with Crippen LogP contribution in [0.15, 0.2) is 30.5 Å². The molecular formula is C21H29N5O6. The number of alkyl carbamates (subject to hydrolysis) is 1. The molecule has 0 unspecified atom stereocenters. The second-order valence-corrected chi connectivity index (χ2v) is 8.76. The van der Waals surface area contributed by atoms with E-state index in [0.29, 0.717) is 0 Å². The Morgan fingerprint density at radius 1 is 1.06 bits per heavy atom. The Hall–Kier alpha value is -3.76. The normalized spacial score (nSPS) is 12.5. The molecule has 2 rings (SSSR count). The summed E-state index contributed by atoms with van der Waals surface area (Å²) in [5.74, 6) is -1.49. The molecule has 2 aromatic rings. The number of H-pyrrole nitrogens is 1. The molecule has 4 amide bonds. The fraction of sp³-hybridized carbons (Fsp3) is 0.429. The van der Waals surface area contributed by atoms with Crippen LogP contribution < -0.4 is 21.5 Å². The SMILES string of the molecule is CC(C)(C)OC(=O)NC(C)(C)C(=O)NNC(=O)[C@H](Cc1c[nH]c2ccccc12)NC(=O)O. The van der Waals surface area contributed by atoms with Crippen molar-refractivity contribution in [2.45, 2.75) is 58.2 Å². The van der Waals surface area contributed by atoms with Gasteiger partial charge in [0.25, 0.3) is 11.8 Å². The van der Waals surface area contributed by atoms with E-state index in [1.54, 1.807) is 27.0 Å². The zero-order valence-electron chi connectivity index (χ0n) is 18.7.